The Bertz CT molecular complexity index is 1110. The molecule has 0 atom stereocenters. The zero-order chi connectivity index (χ0) is 23.3. The van der Waals surface area contributed by atoms with E-state index in [0.29, 0.717) is 16.5 Å². The van der Waals surface area contributed by atoms with Gasteiger partial charge in [-0.2, -0.15) is 13.2 Å². The number of thiazole rings is 1. The van der Waals surface area contributed by atoms with Crippen molar-refractivity contribution in [3.63, 3.8) is 0 Å². The number of esters is 1. The molecule has 0 unspecified atom stereocenters. The molecule has 10 heteroatoms. The molecule has 0 aliphatic heterocycles. The maximum absolute atomic E-state index is 12.7. The smallest absolute Gasteiger partial charge is 0.416 e. The molecule has 2 aromatic carbocycles. The highest BCUT2D eigenvalue weighted by Gasteiger charge is 2.30. The second kappa shape index (κ2) is 9.82. The van der Waals surface area contributed by atoms with Gasteiger partial charge in [-0.15, -0.1) is 11.3 Å². The van der Waals surface area contributed by atoms with Gasteiger partial charge in [-0.3, -0.25) is 9.69 Å². The molecule has 1 aromatic heterocycles. The van der Waals surface area contributed by atoms with Gasteiger partial charge in [-0.05, 0) is 42.8 Å². The van der Waals surface area contributed by atoms with Crippen LogP contribution in [0, 0.1) is 6.92 Å². The molecule has 0 saturated heterocycles. The Labute approximate surface area is 186 Å². The van der Waals surface area contributed by atoms with Gasteiger partial charge in [0.1, 0.15) is 12.4 Å². The summed E-state index contributed by atoms with van der Waals surface area (Å²) in [5.74, 6) is -1.08. The van der Waals surface area contributed by atoms with E-state index in [4.69, 9.17) is 9.47 Å². The highest BCUT2D eigenvalue weighted by Crippen LogP contribution is 2.31. The number of hydrogen-bond acceptors (Lipinski definition) is 6. The van der Waals surface area contributed by atoms with Crippen LogP contribution in [0.1, 0.15) is 23.7 Å². The first kappa shape index (κ1) is 23.3. The summed E-state index contributed by atoms with van der Waals surface area (Å²) >= 11 is 1.22. The number of nitrogens with zero attached hydrogens (tertiary/aromatic N) is 2. The molecular formula is C22H19F3N2O4S. The quantitative estimate of drug-likeness (QED) is 0.445. The SMILES string of the molecule is CC(=O)N(c1cccc(C)c1)c1nc(COC(=O)COc2cccc(C(F)(F)F)c2)cs1. The normalized spacial score (nSPS) is 11.2. The average Bonchev–Trinajstić information content (AvgIpc) is 3.18. The summed E-state index contributed by atoms with van der Waals surface area (Å²) in [6.45, 7) is 2.62. The first-order chi connectivity index (χ1) is 15.1. The molecule has 1 heterocycles. The number of benzene rings is 2. The standard InChI is InChI=1S/C22H19F3N2O4S/c1-14-5-3-7-18(9-14)27(15(2)28)21-26-17(13-32-21)11-31-20(29)12-30-19-8-4-6-16(10-19)22(23,24)25/h3-10,13H,11-12H2,1-2H3. The van der Waals surface area contributed by atoms with E-state index in [2.05, 4.69) is 4.98 Å². The Morgan fingerprint density at radius 2 is 1.88 bits per heavy atom. The van der Waals surface area contributed by atoms with Crippen molar-refractivity contribution in [2.24, 2.45) is 0 Å². The van der Waals surface area contributed by atoms with Crippen LogP contribution in [0.25, 0.3) is 0 Å². The zero-order valence-corrected chi connectivity index (χ0v) is 18.0. The van der Waals surface area contributed by atoms with E-state index >= 15 is 0 Å². The van der Waals surface area contributed by atoms with Crippen LogP contribution < -0.4 is 9.64 Å². The molecule has 3 rings (SSSR count). The minimum absolute atomic E-state index is 0.0945. The maximum Gasteiger partial charge on any atom is 0.416 e. The summed E-state index contributed by atoms with van der Waals surface area (Å²) < 4.78 is 48.4. The van der Waals surface area contributed by atoms with Crippen LogP contribution >= 0.6 is 11.3 Å². The van der Waals surface area contributed by atoms with Gasteiger partial charge in [-0.25, -0.2) is 9.78 Å². The monoisotopic (exact) mass is 464 g/mol. The van der Waals surface area contributed by atoms with Crippen molar-refractivity contribution in [2.75, 3.05) is 11.5 Å². The Hall–Kier alpha value is -3.40. The number of aryl methyl sites for hydroxylation is 1. The molecule has 0 N–H and O–H groups in total. The van der Waals surface area contributed by atoms with Crippen molar-refractivity contribution < 1.29 is 32.2 Å². The molecule has 0 fully saturated rings. The molecule has 3 aromatic rings. The number of ether oxygens (including phenoxy) is 2. The van der Waals surface area contributed by atoms with Crippen LogP contribution in [0.4, 0.5) is 24.0 Å². The fourth-order valence-electron chi connectivity index (χ4n) is 2.76. The summed E-state index contributed by atoms with van der Waals surface area (Å²) in [7, 11) is 0. The van der Waals surface area contributed by atoms with E-state index in [0.717, 1.165) is 17.7 Å². The first-order valence-electron chi connectivity index (χ1n) is 9.41. The highest BCUT2D eigenvalue weighted by molar-refractivity contribution is 7.14. The third kappa shape index (κ3) is 6.07. The molecule has 0 spiro atoms. The molecular weight excluding hydrogens is 445 g/mol. The number of alkyl halides is 3. The molecule has 32 heavy (non-hydrogen) atoms. The van der Waals surface area contributed by atoms with E-state index in [-0.39, 0.29) is 18.3 Å². The predicted molar refractivity (Wildman–Crippen MR) is 113 cm³/mol. The van der Waals surface area contributed by atoms with Crippen molar-refractivity contribution in [1.29, 1.82) is 0 Å². The van der Waals surface area contributed by atoms with Crippen molar-refractivity contribution in [2.45, 2.75) is 26.6 Å². The predicted octanol–water partition coefficient (Wildman–Crippen LogP) is 5.28. The van der Waals surface area contributed by atoms with Gasteiger partial charge in [0.05, 0.1) is 16.9 Å². The third-order valence-corrected chi connectivity index (χ3v) is 5.08. The molecule has 168 valence electrons. The molecule has 6 nitrogen and oxygen atoms in total. The van der Waals surface area contributed by atoms with E-state index in [9.17, 15) is 22.8 Å². The van der Waals surface area contributed by atoms with Gasteiger partial charge in [-0.1, -0.05) is 18.2 Å². The Kier molecular flexibility index (Phi) is 7.14. The van der Waals surface area contributed by atoms with E-state index in [1.165, 1.54) is 35.3 Å². The zero-order valence-electron chi connectivity index (χ0n) is 17.2. The summed E-state index contributed by atoms with van der Waals surface area (Å²) in [5, 5.41) is 2.08. The molecule has 0 aliphatic carbocycles. The minimum atomic E-state index is -4.51. The lowest BCUT2D eigenvalue weighted by Gasteiger charge is -2.18. The topological polar surface area (TPSA) is 68.7 Å². The molecule has 0 bridgehead atoms. The lowest BCUT2D eigenvalue weighted by Crippen LogP contribution is -2.22. The molecule has 1 amide bonds. The highest BCUT2D eigenvalue weighted by atomic mass is 32.1. The number of carbonyl (C=O) groups is 2. The van der Waals surface area contributed by atoms with E-state index in [1.807, 2.05) is 25.1 Å². The summed E-state index contributed by atoms with van der Waals surface area (Å²) in [4.78, 5) is 29.9. The van der Waals surface area contributed by atoms with Gasteiger partial charge < -0.3 is 9.47 Å². The number of aromatic nitrogens is 1. The second-order valence-electron chi connectivity index (χ2n) is 6.79. The largest absolute Gasteiger partial charge is 0.482 e. The van der Waals surface area contributed by atoms with Crippen LogP contribution in [0.5, 0.6) is 5.75 Å². The van der Waals surface area contributed by atoms with Crippen molar-refractivity contribution >= 4 is 34.0 Å². The van der Waals surface area contributed by atoms with Gasteiger partial charge in [0.2, 0.25) is 5.91 Å². The lowest BCUT2D eigenvalue weighted by molar-refractivity contribution is -0.147. The van der Waals surface area contributed by atoms with Crippen LogP contribution in [0.15, 0.2) is 53.9 Å². The Morgan fingerprint density at radius 3 is 2.56 bits per heavy atom. The maximum atomic E-state index is 12.7. The fraction of sp³-hybridized carbons (Fsp3) is 0.227. The van der Waals surface area contributed by atoms with Crippen molar-refractivity contribution in [1.82, 2.24) is 4.98 Å². The molecule has 0 radical (unpaired) electrons. The summed E-state index contributed by atoms with van der Waals surface area (Å²) in [6, 6.07) is 11.6. The van der Waals surface area contributed by atoms with E-state index in [1.54, 1.807) is 11.4 Å². The van der Waals surface area contributed by atoms with Crippen LogP contribution in [0.2, 0.25) is 0 Å². The van der Waals surface area contributed by atoms with Gasteiger partial charge in [0.15, 0.2) is 11.7 Å². The third-order valence-electron chi connectivity index (χ3n) is 4.20. The number of hydrogen-bond donors (Lipinski definition) is 0. The number of carbonyl (C=O) groups excluding carboxylic acids is 2. The molecule has 0 saturated carbocycles. The Morgan fingerprint density at radius 1 is 1.12 bits per heavy atom. The lowest BCUT2D eigenvalue weighted by atomic mass is 10.2. The number of rotatable bonds is 7. The van der Waals surface area contributed by atoms with E-state index < -0.39 is 24.3 Å². The van der Waals surface area contributed by atoms with Gasteiger partial charge >= 0.3 is 12.1 Å². The van der Waals surface area contributed by atoms with Crippen molar-refractivity contribution in [3.8, 4) is 5.75 Å². The number of anilines is 2. The fourth-order valence-corrected chi connectivity index (χ4v) is 3.63. The van der Waals surface area contributed by atoms with Crippen LogP contribution in [-0.4, -0.2) is 23.5 Å². The first-order valence-corrected chi connectivity index (χ1v) is 10.3. The van der Waals surface area contributed by atoms with Crippen molar-refractivity contribution in [3.05, 3.63) is 70.7 Å². The average molecular weight is 464 g/mol. The van der Waals surface area contributed by atoms with Gasteiger partial charge in [0.25, 0.3) is 0 Å². The van der Waals surface area contributed by atoms with Gasteiger partial charge in [0, 0.05) is 12.3 Å². The van der Waals surface area contributed by atoms with Crippen LogP contribution in [-0.2, 0) is 27.1 Å². The van der Waals surface area contributed by atoms with Crippen LogP contribution in [0.3, 0.4) is 0 Å². The number of amides is 1. The molecule has 0 aliphatic rings. The summed E-state index contributed by atoms with van der Waals surface area (Å²) in [5.41, 5.74) is 1.21. The minimum Gasteiger partial charge on any atom is -0.482 e. The second-order valence-corrected chi connectivity index (χ2v) is 7.63. The Balaban J connectivity index is 1.58. The summed E-state index contributed by atoms with van der Waals surface area (Å²) in [6.07, 6.45) is -4.51. The number of halogens is 3.